The molecule has 4 aromatic carbocycles. The molecule has 31 heavy (non-hydrogen) atoms. The molecule has 156 valence electrons. The third kappa shape index (κ3) is 5.10. The molecule has 0 heterocycles. The standard InChI is InChI=1S/C27H23FO3/c28-25-8-4-3-6-21(25)15-16-31-26-13-9-19(10-14-27(29)30)17-24(26)23-12-11-20-5-1-2-7-22(20)18-23/h1-9,11-13,17-18H,10,14-16H2,(H,29,30). The minimum absolute atomic E-state index is 0.0741. The highest BCUT2D eigenvalue weighted by Gasteiger charge is 2.11. The van der Waals surface area contributed by atoms with Gasteiger partial charge < -0.3 is 9.84 Å². The number of ether oxygens (including phenoxy) is 1. The van der Waals surface area contributed by atoms with E-state index in [2.05, 4.69) is 24.3 Å². The van der Waals surface area contributed by atoms with Gasteiger partial charge in [0.25, 0.3) is 0 Å². The van der Waals surface area contributed by atoms with Gasteiger partial charge in [0.15, 0.2) is 0 Å². The minimum atomic E-state index is -0.822. The largest absolute Gasteiger partial charge is 0.493 e. The van der Waals surface area contributed by atoms with Crippen molar-refractivity contribution >= 4 is 16.7 Å². The Balaban J connectivity index is 1.63. The lowest BCUT2D eigenvalue weighted by Crippen LogP contribution is -2.04. The van der Waals surface area contributed by atoms with Crippen molar-refractivity contribution in [3.63, 3.8) is 0 Å². The summed E-state index contributed by atoms with van der Waals surface area (Å²) in [5.41, 5.74) is 3.46. The van der Waals surface area contributed by atoms with E-state index in [0.29, 0.717) is 30.8 Å². The van der Waals surface area contributed by atoms with Gasteiger partial charge in [-0.2, -0.15) is 0 Å². The fraction of sp³-hybridized carbons (Fsp3) is 0.148. The molecule has 3 nitrogen and oxygen atoms in total. The number of benzene rings is 4. The normalized spacial score (nSPS) is 10.9. The second-order valence-corrected chi connectivity index (χ2v) is 7.48. The van der Waals surface area contributed by atoms with Crippen LogP contribution in [0.2, 0.25) is 0 Å². The summed E-state index contributed by atoms with van der Waals surface area (Å²) in [6, 6.07) is 26.8. The van der Waals surface area contributed by atoms with E-state index in [0.717, 1.165) is 27.5 Å². The van der Waals surface area contributed by atoms with Crippen LogP contribution in [0.4, 0.5) is 4.39 Å². The highest BCUT2D eigenvalue weighted by atomic mass is 19.1. The Morgan fingerprint density at radius 2 is 1.61 bits per heavy atom. The van der Waals surface area contributed by atoms with E-state index in [1.54, 1.807) is 12.1 Å². The van der Waals surface area contributed by atoms with Crippen LogP contribution in [0, 0.1) is 5.82 Å². The third-order valence-corrected chi connectivity index (χ3v) is 5.32. The van der Waals surface area contributed by atoms with Gasteiger partial charge in [0.2, 0.25) is 0 Å². The molecule has 0 amide bonds. The van der Waals surface area contributed by atoms with Gasteiger partial charge in [-0.25, -0.2) is 4.39 Å². The molecule has 4 rings (SSSR count). The zero-order valence-corrected chi connectivity index (χ0v) is 17.1. The number of hydrogen-bond donors (Lipinski definition) is 1. The molecule has 0 fully saturated rings. The van der Waals surface area contributed by atoms with E-state index in [1.807, 2.05) is 42.5 Å². The summed E-state index contributed by atoms with van der Waals surface area (Å²) in [6.07, 6.45) is 0.987. The predicted molar refractivity (Wildman–Crippen MR) is 121 cm³/mol. The molecule has 0 aliphatic carbocycles. The SMILES string of the molecule is O=C(O)CCc1ccc(OCCc2ccccc2F)c(-c2ccc3ccccc3c2)c1. The van der Waals surface area contributed by atoms with E-state index >= 15 is 0 Å². The lowest BCUT2D eigenvalue weighted by atomic mass is 9.97. The number of aliphatic carboxylic acids is 1. The molecule has 0 bridgehead atoms. The van der Waals surface area contributed by atoms with E-state index in [-0.39, 0.29) is 12.2 Å². The molecule has 0 aliphatic heterocycles. The number of aryl methyl sites for hydroxylation is 1. The van der Waals surface area contributed by atoms with Gasteiger partial charge in [-0.3, -0.25) is 4.79 Å². The summed E-state index contributed by atoms with van der Waals surface area (Å²) in [5.74, 6) is -0.354. The summed E-state index contributed by atoms with van der Waals surface area (Å²) in [4.78, 5) is 11.0. The first-order valence-corrected chi connectivity index (χ1v) is 10.3. The first-order chi connectivity index (χ1) is 15.1. The zero-order chi connectivity index (χ0) is 21.6. The number of fused-ring (bicyclic) bond motifs is 1. The van der Waals surface area contributed by atoms with Crippen LogP contribution < -0.4 is 4.74 Å². The molecule has 0 aromatic heterocycles. The molecule has 4 heteroatoms. The number of hydrogen-bond acceptors (Lipinski definition) is 2. The molecule has 0 atom stereocenters. The Morgan fingerprint density at radius 3 is 2.42 bits per heavy atom. The summed E-state index contributed by atoms with van der Waals surface area (Å²) in [7, 11) is 0. The van der Waals surface area contributed by atoms with E-state index in [9.17, 15) is 9.18 Å². The quantitative estimate of drug-likeness (QED) is 0.369. The van der Waals surface area contributed by atoms with Gasteiger partial charge >= 0.3 is 5.97 Å². The first kappa shape index (κ1) is 20.6. The average molecular weight is 414 g/mol. The van der Waals surface area contributed by atoms with Gasteiger partial charge in [-0.05, 0) is 58.1 Å². The number of halogens is 1. The Labute approximate surface area is 180 Å². The fourth-order valence-corrected chi connectivity index (χ4v) is 3.66. The number of carboxylic acid groups (broad SMARTS) is 1. The second-order valence-electron chi connectivity index (χ2n) is 7.48. The van der Waals surface area contributed by atoms with Gasteiger partial charge in [-0.1, -0.05) is 60.7 Å². The summed E-state index contributed by atoms with van der Waals surface area (Å²) in [6.45, 7) is 0.343. The molecule has 0 radical (unpaired) electrons. The second kappa shape index (κ2) is 9.43. The Morgan fingerprint density at radius 1 is 0.839 bits per heavy atom. The van der Waals surface area contributed by atoms with Crippen molar-refractivity contribution < 1.29 is 19.0 Å². The third-order valence-electron chi connectivity index (χ3n) is 5.32. The highest BCUT2D eigenvalue weighted by Crippen LogP contribution is 2.33. The Hall–Kier alpha value is -3.66. The topological polar surface area (TPSA) is 46.5 Å². The number of carboxylic acids is 1. The van der Waals surface area contributed by atoms with Crippen molar-refractivity contribution in [3.05, 3.63) is 102 Å². The first-order valence-electron chi connectivity index (χ1n) is 10.3. The molecule has 0 aliphatic rings. The van der Waals surface area contributed by atoms with Gasteiger partial charge in [0, 0.05) is 18.4 Å². The Kier molecular flexibility index (Phi) is 6.27. The predicted octanol–water partition coefficient (Wildman–Crippen LogP) is 6.28. The maximum Gasteiger partial charge on any atom is 0.303 e. The lowest BCUT2D eigenvalue weighted by Gasteiger charge is -2.14. The molecule has 1 N–H and O–H groups in total. The number of carbonyl (C=O) groups is 1. The lowest BCUT2D eigenvalue weighted by molar-refractivity contribution is -0.136. The molecular weight excluding hydrogens is 391 g/mol. The van der Waals surface area contributed by atoms with Crippen molar-refractivity contribution in [3.8, 4) is 16.9 Å². The molecule has 4 aromatic rings. The average Bonchev–Trinajstić information content (AvgIpc) is 2.79. The van der Waals surface area contributed by atoms with Gasteiger partial charge in [-0.15, -0.1) is 0 Å². The molecular formula is C27H23FO3. The smallest absolute Gasteiger partial charge is 0.303 e. The van der Waals surface area contributed by atoms with E-state index in [1.165, 1.54) is 6.07 Å². The molecule has 0 saturated carbocycles. The summed E-state index contributed by atoms with van der Waals surface area (Å²) in [5, 5.41) is 11.3. The summed E-state index contributed by atoms with van der Waals surface area (Å²) >= 11 is 0. The van der Waals surface area contributed by atoms with Crippen LogP contribution >= 0.6 is 0 Å². The van der Waals surface area contributed by atoms with Crippen molar-refractivity contribution in [1.82, 2.24) is 0 Å². The summed E-state index contributed by atoms with van der Waals surface area (Å²) < 4.78 is 20.0. The molecule has 0 saturated heterocycles. The zero-order valence-electron chi connectivity index (χ0n) is 17.1. The van der Waals surface area contributed by atoms with Crippen LogP contribution in [0.1, 0.15) is 17.5 Å². The van der Waals surface area contributed by atoms with Crippen LogP contribution in [-0.2, 0) is 17.6 Å². The van der Waals surface area contributed by atoms with Crippen LogP contribution in [-0.4, -0.2) is 17.7 Å². The van der Waals surface area contributed by atoms with Crippen molar-refractivity contribution in [2.45, 2.75) is 19.3 Å². The number of rotatable bonds is 8. The van der Waals surface area contributed by atoms with Crippen molar-refractivity contribution in [2.24, 2.45) is 0 Å². The van der Waals surface area contributed by atoms with E-state index < -0.39 is 5.97 Å². The molecule has 0 unspecified atom stereocenters. The fourth-order valence-electron chi connectivity index (χ4n) is 3.66. The highest BCUT2D eigenvalue weighted by molar-refractivity contribution is 5.88. The van der Waals surface area contributed by atoms with E-state index in [4.69, 9.17) is 9.84 Å². The van der Waals surface area contributed by atoms with Crippen LogP contribution in [0.25, 0.3) is 21.9 Å². The minimum Gasteiger partial charge on any atom is -0.493 e. The molecule has 0 spiro atoms. The maximum atomic E-state index is 13.9. The van der Waals surface area contributed by atoms with Crippen molar-refractivity contribution in [2.75, 3.05) is 6.61 Å². The maximum absolute atomic E-state index is 13.9. The van der Waals surface area contributed by atoms with Gasteiger partial charge in [0.05, 0.1) is 6.61 Å². The van der Waals surface area contributed by atoms with Gasteiger partial charge in [0.1, 0.15) is 11.6 Å². The van der Waals surface area contributed by atoms with Crippen LogP contribution in [0.15, 0.2) is 84.9 Å². The van der Waals surface area contributed by atoms with Crippen LogP contribution in [0.5, 0.6) is 5.75 Å². The Bertz CT molecular complexity index is 1220. The monoisotopic (exact) mass is 414 g/mol. The van der Waals surface area contributed by atoms with Crippen molar-refractivity contribution in [1.29, 1.82) is 0 Å². The van der Waals surface area contributed by atoms with Crippen LogP contribution in [0.3, 0.4) is 0 Å².